The minimum Gasteiger partial charge on any atom is -0.444 e. The summed E-state index contributed by atoms with van der Waals surface area (Å²) in [5, 5.41) is 8.27. The minimum absolute atomic E-state index is 0.274. The number of carbonyl (C=O) groups excluding carboxylic acids is 3. The third-order valence-electron chi connectivity index (χ3n) is 3.57. The molecule has 0 spiro atoms. The Labute approximate surface area is 180 Å². The number of carbonyl (C=O) groups is 3. The highest BCUT2D eigenvalue weighted by atomic mass is 35.5. The number of rotatable bonds is 6. The van der Waals surface area contributed by atoms with Gasteiger partial charge < -0.3 is 20.7 Å². The smallest absolute Gasteiger partial charge is 0.408 e. The Hall–Kier alpha value is -3.32. The fourth-order valence-electron chi connectivity index (χ4n) is 2.31. The highest BCUT2D eigenvalue weighted by Gasteiger charge is 2.17. The average Bonchev–Trinajstić information content (AvgIpc) is 2.66. The lowest BCUT2D eigenvalue weighted by Gasteiger charge is -2.19. The van der Waals surface area contributed by atoms with Gasteiger partial charge in [-0.1, -0.05) is 41.9 Å². The molecule has 0 atom stereocenters. The van der Waals surface area contributed by atoms with Gasteiger partial charge in [0.25, 0.3) is 0 Å². The Morgan fingerprint density at radius 2 is 1.57 bits per heavy atom. The number of nitrogens with one attached hydrogen (secondary N) is 3. The molecule has 0 aliphatic rings. The molecule has 2 rings (SSSR count). The molecule has 0 saturated heterocycles. The molecule has 0 radical (unpaired) electrons. The molecule has 2 aromatic carbocycles. The average molecular weight is 430 g/mol. The van der Waals surface area contributed by atoms with Gasteiger partial charge in [-0.3, -0.25) is 9.59 Å². The van der Waals surface area contributed by atoms with Crippen LogP contribution in [0.5, 0.6) is 0 Å². The molecule has 3 N–H and O–H groups in total. The number of halogens is 1. The summed E-state index contributed by atoms with van der Waals surface area (Å²) in [4.78, 5) is 36.1. The second kappa shape index (κ2) is 10.5. The molecule has 0 fully saturated rings. The largest absolute Gasteiger partial charge is 0.444 e. The van der Waals surface area contributed by atoms with E-state index in [0.29, 0.717) is 22.0 Å². The van der Waals surface area contributed by atoms with E-state index in [4.69, 9.17) is 16.3 Å². The molecule has 30 heavy (non-hydrogen) atoms. The first kappa shape index (κ1) is 23.0. The number of hydrogen-bond acceptors (Lipinski definition) is 4. The fraction of sp³-hybridized carbons (Fsp3) is 0.227. The molecule has 0 aromatic heterocycles. The van der Waals surface area contributed by atoms with Crippen LogP contribution < -0.4 is 16.0 Å². The zero-order valence-electron chi connectivity index (χ0n) is 17.0. The third-order valence-corrected chi connectivity index (χ3v) is 3.91. The standard InChI is InChI=1S/C22H24ClN3O4/c1-22(2,3)30-21(29)24-14-20(28)26-18-11-7-6-10-17(18)25-19(27)13-12-15-8-4-5-9-16(15)23/h4-13H,14H2,1-3H3,(H,24,29)(H,25,27)(H,26,28)/b13-12+. The number of benzene rings is 2. The molecular weight excluding hydrogens is 406 g/mol. The first-order valence-corrected chi connectivity index (χ1v) is 9.61. The first-order valence-electron chi connectivity index (χ1n) is 9.23. The highest BCUT2D eigenvalue weighted by Crippen LogP contribution is 2.21. The van der Waals surface area contributed by atoms with Crippen LogP contribution in [0.25, 0.3) is 6.08 Å². The van der Waals surface area contributed by atoms with E-state index in [0.717, 1.165) is 0 Å². The normalized spacial score (nSPS) is 11.1. The van der Waals surface area contributed by atoms with Crippen molar-refractivity contribution in [3.63, 3.8) is 0 Å². The zero-order valence-corrected chi connectivity index (χ0v) is 17.7. The lowest BCUT2D eigenvalue weighted by molar-refractivity contribution is -0.115. The van der Waals surface area contributed by atoms with Gasteiger partial charge in [0.1, 0.15) is 12.1 Å². The van der Waals surface area contributed by atoms with Crippen molar-refractivity contribution in [3.8, 4) is 0 Å². The zero-order chi connectivity index (χ0) is 22.1. The molecule has 3 amide bonds. The number of alkyl carbamates (subject to hydrolysis) is 1. The molecule has 0 saturated carbocycles. The summed E-state index contributed by atoms with van der Waals surface area (Å²) in [5.74, 6) is -0.849. The molecule has 0 aliphatic heterocycles. The molecule has 0 unspecified atom stereocenters. The van der Waals surface area contributed by atoms with E-state index >= 15 is 0 Å². The van der Waals surface area contributed by atoms with Crippen LogP contribution in [-0.4, -0.2) is 30.1 Å². The summed E-state index contributed by atoms with van der Waals surface area (Å²) >= 11 is 6.07. The van der Waals surface area contributed by atoms with Crippen molar-refractivity contribution in [2.75, 3.05) is 17.2 Å². The predicted molar refractivity (Wildman–Crippen MR) is 118 cm³/mol. The molecule has 8 heteroatoms. The highest BCUT2D eigenvalue weighted by molar-refractivity contribution is 6.32. The SMILES string of the molecule is CC(C)(C)OC(=O)NCC(=O)Nc1ccccc1NC(=O)/C=C/c1ccccc1Cl. The first-order chi connectivity index (χ1) is 14.1. The number of para-hydroxylation sites is 2. The number of amides is 3. The van der Waals surface area contributed by atoms with Crippen LogP contribution in [0.2, 0.25) is 5.02 Å². The Morgan fingerprint density at radius 1 is 0.967 bits per heavy atom. The Morgan fingerprint density at radius 3 is 2.20 bits per heavy atom. The maximum atomic E-state index is 12.3. The summed E-state index contributed by atoms with van der Waals surface area (Å²) in [6.07, 6.45) is 2.26. The summed E-state index contributed by atoms with van der Waals surface area (Å²) in [5.41, 5.74) is 0.864. The monoisotopic (exact) mass is 429 g/mol. The van der Waals surface area contributed by atoms with Crippen LogP contribution in [0.4, 0.5) is 16.2 Å². The molecule has 7 nitrogen and oxygen atoms in total. The number of hydrogen-bond donors (Lipinski definition) is 3. The maximum Gasteiger partial charge on any atom is 0.408 e. The third kappa shape index (κ3) is 7.97. The topological polar surface area (TPSA) is 96.5 Å². The lowest BCUT2D eigenvalue weighted by atomic mass is 10.2. The fourth-order valence-corrected chi connectivity index (χ4v) is 2.51. The van der Waals surface area contributed by atoms with E-state index in [-0.39, 0.29) is 12.5 Å². The molecule has 158 valence electrons. The summed E-state index contributed by atoms with van der Waals surface area (Å²) in [7, 11) is 0. The van der Waals surface area contributed by atoms with Crippen molar-refractivity contribution in [3.05, 3.63) is 65.2 Å². The van der Waals surface area contributed by atoms with Gasteiger partial charge in [0.05, 0.1) is 11.4 Å². The van der Waals surface area contributed by atoms with E-state index < -0.39 is 17.6 Å². The Bertz CT molecular complexity index is 951. The van der Waals surface area contributed by atoms with Gasteiger partial charge in [-0.25, -0.2) is 4.79 Å². The van der Waals surface area contributed by atoms with Crippen LogP contribution in [0.1, 0.15) is 26.3 Å². The maximum absolute atomic E-state index is 12.3. The quantitative estimate of drug-likeness (QED) is 0.591. The second-order valence-corrected chi connectivity index (χ2v) is 7.70. The van der Waals surface area contributed by atoms with E-state index in [1.807, 2.05) is 6.07 Å². The van der Waals surface area contributed by atoms with E-state index in [9.17, 15) is 14.4 Å². The van der Waals surface area contributed by atoms with Crippen molar-refractivity contribution in [1.29, 1.82) is 0 Å². The Balaban J connectivity index is 1.95. The molecule has 2 aromatic rings. The molecule has 0 aliphatic carbocycles. The van der Waals surface area contributed by atoms with Crippen LogP contribution in [0, 0.1) is 0 Å². The van der Waals surface area contributed by atoms with Gasteiger partial charge in [-0.2, -0.15) is 0 Å². The van der Waals surface area contributed by atoms with Crippen LogP contribution in [-0.2, 0) is 14.3 Å². The second-order valence-electron chi connectivity index (χ2n) is 7.29. The van der Waals surface area contributed by atoms with Crippen molar-refractivity contribution in [2.24, 2.45) is 0 Å². The summed E-state index contributed by atoms with van der Waals surface area (Å²) in [6.45, 7) is 4.91. The predicted octanol–water partition coefficient (Wildman–Crippen LogP) is 4.46. The van der Waals surface area contributed by atoms with E-state index in [2.05, 4.69) is 16.0 Å². The van der Waals surface area contributed by atoms with Gasteiger partial charge in [0.15, 0.2) is 0 Å². The van der Waals surface area contributed by atoms with E-state index in [1.165, 1.54) is 6.08 Å². The summed E-state index contributed by atoms with van der Waals surface area (Å²) < 4.78 is 5.08. The Kier molecular flexibility index (Phi) is 8.00. The van der Waals surface area contributed by atoms with Gasteiger partial charge in [0, 0.05) is 11.1 Å². The summed E-state index contributed by atoms with van der Waals surface area (Å²) in [6, 6.07) is 13.9. The molecule has 0 heterocycles. The van der Waals surface area contributed by atoms with Crippen molar-refractivity contribution >= 4 is 47.0 Å². The minimum atomic E-state index is -0.691. The number of anilines is 2. The van der Waals surface area contributed by atoms with Crippen LogP contribution >= 0.6 is 11.6 Å². The number of ether oxygens (including phenoxy) is 1. The van der Waals surface area contributed by atoms with Crippen LogP contribution in [0.15, 0.2) is 54.6 Å². The van der Waals surface area contributed by atoms with Gasteiger partial charge in [0.2, 0.25) is 11.8 Å². The van der Waals surface area contributed by atoms with Crippen molar-refractivity contribution in [1.82, 2.24) is 5.32 Å². The van der Waals surface area contributed by atoms with E-state index in [1.54, 1.807) is 69.3 Å². The van der Waals surface area contributed by atoms with Gasteiger partial charge in [-0.05, 0) is 50.6 Å². The molecule has 0 bridgehead atoms. The van der Waals surface area contributed by atoms with Crippen LogP contribution in [0.3, 0.4) is 0 Å². The lowest BCUT2D eigenvalue weighted by Crippen LogP contribution is -2.37. The van der Waals surface area contributed by atoms with Crippen molar-refractivity contribution in [2.45, 2.75) is 26.4 Å². The van der Waals surface area contributed by atoms with Gasteiger partial charge in [-0.15, -0.1) is 0 Å². The molecular formula is C22H24ClN3O4. The van der Waals surface area contributed by atoms with Crippen molar-refractivity contribution < 1.29 is 19.1 Å². The van der Waals surface area contributed by atoms with Gasteiger partial charge >= 0.3 is 6.09 Å².